The van der Waals surface area contributed by atoms with Crippen molar-refractivity contribution in [3.63, 3.8) is 0 Å². The number of aromatic nitrogens is 1. The Morgan fingerprint density at radius 1 is 0.973 bits per heavy atom. The van der Waals surface area contributed by atoms with Gasteiger partial charge in [0.1, 0.15) is 5.78 Å². The number of benzene rings is 2. The lowest BCUT2D eigenvalue weighted by Gasteiger charge is -2.42. The molecule has 3 heterocycles. The van der Waals surface area contributed by atoms with E-state index in [0.29, 0.717) is 31.5 Å². The first-order chi connectivity index (χ1) is 17.9. The predicted molar refractivity (Wildman–Crippen MR) is 149 cm³/mol. The lowest BCUT2D eigenvalue weighted by atomic mass is 9.83. The minimum atomic E-state index is -0.0373. The number of urea groups is 1. The smallest absolute Gasteiger partial charge is 0.317 e. The second-order valence-corrected chi connectivity index (χ2v) is 11.1. The number of H-pyrrole nitrogens is 1. The van der Waals surface area contributed by atoms with Gasteiger partial charge in [-0.2, -0.15) is 0 Å². The predicted octanol–water partition coefficient (Wildman–Crippen LogP) is 5.54. The topological polar surface area (TPSA) is 68.4 Å². The molecule has 2 N–H and O–H groups in total. The van der Waals surface area contributed by atoms with Gasteiger partial charge in [-0.25, -0.2) is 4.79 Å². The number of likely N-dealkylation sites (tertiary alicyclic amines) is 2. The molecule has 1 unspecified atom stereocenters. The van der Waals surface area contributed by atoms with Crippen LogP contribution in [0.15, 0.2) is 48.7 Å². The molecule has 0 bridgehead atoms. The van der Waals surface area contributed by atoms with Gasteiger partial charge >= 0.3 is 6.03 Å². The fraction of sp³-hybridized carbons (Fsp3) is 0.484. The third-order valence-electron chi connectivity index (χ3n) is 8.69. The molecule has 37 heavy (non-hydrogen) atoms. The largest absolute Gasteiger partial charge is 0.361 e. The first-order valence-corrected chi connectivity index (χ1v) is 13.8. The van der Waals surface area contributed by atoms with Crippen LogP contribution in [0.4, 0.5) is 4.79 Å². The summed E-state index contributed by atoms with van der Waals surface area (Å²) in [5.74, 6) is 1.11. The van der Waals surface area contributed by atoms with Crippen LogP contribution in [0.25, 0.3) is 10.9 Å². The van der Waals surface area contributed by atoms with Crippen LogP contribution in [-0.4, -0.2) is 58.8 Å². The minimum Gasteiger partial charge on any atom is -0.361 e. The van der Waals surface area contributed by atoms with Crippen LogP contribution in [0.5, 0.6) is 0 Å². The number of para-hydroxylation sites is 1. The summed E-state index contributed by atoms with van der Waals surface area (Å²) in [7, 11) is 0. The average molecular weight is 501 g/mol. The Kier molecular flexibility index (Phi) is 7.65. The number of hydrogen-bond donors (Lipinski definition) is 2. The standard InChI is InChI=1S/C31H40N4O2/c1-21-8-9-24(18-22(21)2)19-33-31(37)35-16-12-26(13-17-35)30(23(3)36)34-14-10-25(11-15-34)28-20-32-29-7-5-4-6-27(28)29/h4-9,18,20,25-26,30,32H,10-17,19H2,1-3H3,(H,33,37). The summed E-state index contributed by atoms with van der Waals surface area (Å²) in [6, 6.07) is 14.8. The molecule has 1 atom stereocenters. The van der Waals surface area contributed by atoms with Crippen molar-refractivity contribution in [2.75, 3.05) is 26.2 Å². The van der Waals surface area contributed by atoms with Gasteiger partial charge in [0.05, 0.1) is 6.04 Å². The highest BCUT2D eigenvalue weighted by atomic mass is 16.2. The van der Waals surface area contributed by atoms with Crippen LogP contribution in [0.3, 0.4) is 0 Å². The van der Waals surface area contributed by atoms with Crippen molar-refractivity contribution in [3.05, 3.63) is 70.9 Å². The van der Waals surface area contributed by atoms with Gasteiger partial charge in [-0.15, -0.1) is 0 Å². The number of amides is 2. The van der Waals surface area contributed by atoms with E-state index >= 15 is 0 Å². The highest BCUT2D eigenvalue weighted by Gasteiger charge is 2.36. The Labute approximate surface area is 220 Å². The normalized spacial score (nSPS) is 18.7. The van der Waals surface area contributed by atoms with Crippen LogP contribution in [0.1, 0.15) is 60.8 Å². The Balaban J connectivity index is 1.13. The summed E-state index contributed by atoms with van der Waals surface area (Å²) in [5, 5.41) is 4.41. The van der Waals surface area contributed by atoms with Gasteiger partial charge in [0.15, 0.2) is 0 Å². The number of aromatic amines is 1. The molecule has 2 aromatic carbocycles. The number of carbonyl (C=O) groups excluding carboxylic acids is 2. The Hall–Kier alpha value is -3.12. The molecular weight excluding hydrogens is 460 g/mol. The first kappa shape index (κ1) is 25.5. The highest BCUT2D eigenvalue weighted by Crippen LogP contribution is 2.35. The third-order valence-corrected chi connectivity index (χ3v) is 8.69. The van der Waals surface area contributed by atoms with Crippen molar-refractivity contribution in [1.29, 1.82) is 0 Å². The number of piperidine rings is 2. The first-order valence-electron chi connectivity index (χ1n) is 13.8. The van der Waals surface area contributed by atoms with Gasteiger partial charge in [-0.3, -0.25) is 9.69 Å². The Bertz CT molecular complexity index is 1250. The van der Waals surface area contributed by atoms with Gasteiger partial charge < -0.3 is 15.2 Å². The maximum atomic E-state index is 12.8. The van der Waals surface area contributed by atoms with E-state index in [1.807, 2.05) is 4.90 Å². The summed E-state index contributed by atoms with van der Waals surface area (Å²) >= 11 is 0. The summed E-state index contributed by atoms with van der Waals surface area (Å²) in [6.07, 6.45) is 6.08. The van der Waals surface area contributed by atoms with E-state index in [0.717, 1.165) is 44.3 Å². The molecule has 6 nitrogen and oxygen atoms in total. The number of rotatable bonds is 6. The lowest BCUT2D eigenvalue weighted by molar-refractivity contribution is -0.125. The van der Waals surface area contributed by atoms with Crippen molar-refractivity contribution in [3.8, 4) is 0 Å². The number of nitrogens with one attached hydrogen (secondary N) is 2. The second-order valence-electron chi connectivity index (χ2n) is 11.1. The van der Waals surface area contributed by atoms with Crippen molar-refractivity contribution in [2.45, 2.75) is 65.0 Å². The summed E-state index contributed by atoms with van der Waals surface area (Å²) in [6.45, 7) is 9.80. The fourth-order valence-electron chi connectivity index (χ4n) is 6.43. The lowest BCUT2D eigenvalue weighted by Crippen LogP contribution is -2.52. The molecule has 2 aliphatic rings. The molecule has 196 valence electrons. The van der Waals surface area contributed by atoms with E-state index in [4.69, 9.17) is 0 Å². The zero-order valence-corrected chi connectivity index (χ0v) is 22.4. The molecule has 2 aliphatic heterocycles. The number of fused-ring (bicyclic) bond motifs is 1. The minimum absolute atomic E-state index is 0.00408. The Morgan fingerprint density at radius 2 is 1.70 bits per heavy atom. The summed E-state index contributed by atoms with van der Waals surface area (Å²) in [5.41, 5.74) is 6.24. The van der Waals surface area contributed by atoms with E-state index in [-0.39, 0.29) is 17.9 Å². The molecule has 3 aromatic rings. The van der Waals surface area contributed by atoms with Gasteiger partial charge in [-0.05, 0) is 99.7 Å². The van der Waals surface area contributed by atoms with Crippen molar-refractivity contribution in [1.82, 2.24) is 20.1 Å². The number of aryl methyl sites for hydroxylation is 2. The fourth-order valence-corrected chi connectivity index (χ4v) is 6.43. The zero-order chi connectivity index (χ0) is 25.9. The summed E-state index contributed by atoms with van der Waals surface area (Å²) < 4.78 is 0. The van der Waals surface area contributed by atoms with E-state index in [2.05, 4.69) is 77.7 Å². The van der Waals surface area contributed by atoms with E-state index in [9.17, 15) is 9.59 Å². The molecule has 2 saturated heterocycles. The van der Waals surface area contributed by atoms with Crippen LogP contribution in [0, 0.1) is 19.8 Å². The molecular formula is C31H40N4O2. The molecule has 2 fully saturated rings. The van der Waals surface area contributed by atoms with E-state index < -0.39 is 0 Å². The van der Waals surface area contributed by atoms with Gasteiger partial charge in [0, 0.05) is 36.7 Å². The van der Waals surface area contributed by atoms with Gasteiger partial charge in [0.2, 0.25) is 0 Å². The zero-order valence-electron chi connectivity index (χ0n) is 22.4. The van der Waals surface area contributed by atoms with Crippen molar-refractivity contribution in [2.24, 2.45) is 5.92 Å². The number of Topliss-reactive ketones (excluding diaryl/α,β-unsaturated/α-hetero) is 1. The Morgan fingerprint density at radius 3 is 2.41 bits per heavy atom. The molecule has 6 heteroatoms. The highest BCUT2D eigenvalue weighted by molar-refractivity contribution is 5.84. The van der Waals surface area contributed by atoms with Crippen LogP contribution in [0.2, 0.25) is 0 Å². The number of hydrogen-bond acceptors (Lipinski definition) is 3. The molecule has 5 rings (SSSR count). The number of carbonyl (C=O) groups is 2. The number of ketones is 1. The van der Waals surface area contributed by atoms with E-state index in [1.165, 1.54) is 27.6 Å². The average Bonchev–Trinajstić information content (AvgIpc) is 3.34. The van der Waals surface area contributed by atoms with Crippen molar-refractivity contribution >= 4 is 22.7 Å². The molecule has 0 aliphatic carbocycles. The van der Waals surface area contributed by atoms with Crippen LogP contribution < -0.4 is 5.32 Å². The van der Waals surface area contributed by atoms with Crippen LogP contribution in [-0.2, 0) is 11.3 Å². The third kappa shape index (κ3) is 5.59. The quantitative estimate of drug-likeness (QED) is 0.467. The molecule has 2 amide bonds. The molecule has 0 saturated carbocycles. The molecule has 0 radical (unpaired) electrons. The van der Waals surface area contributed by atoms with Gasteiger partial charge in [-0.1, -0.05) is 36.4 Å². The molecule has 1 aromatic heterocycles. The van der Waals surface area contributed by atoms with Crippen molar-refractivity contribution < 1.29 is 9.59 Å². The number of nitrogens with zero attached hydrogens (tertiary/aromatic N) is 2. The maximum Gasteiger partial charge on any atom is 0.317 e. The molecule has 0 spiro atoms. The maximum absolute atomic E-state index is 12.8. The van der Waals surface area contributed by atoms with E-state index in [1.54, 1.807) is 6.92 Å². The van der Waals surface area contributed by atoms with Crippen LogP contribution >= 0.6 is 0 Å². The monoisotopic (exact) mass is 500 g/mol. The summed E-state index contributed by atoms with van der Waals surface area (Å²) in [4.78, 5) is 33.4. The second kappa shape index (κ2) is 11.1. The SMILES string of the molecule is CC(=O)C(C1CCN(C(=O)NCc2ccc(C)c(C)c2)CC1)N1CCC(c2c[nH]c3ccccc23)CC1. The van der Waals surface area contributed by atoms with Gasteiger partial charge in [0.25, 0.3) is 0 Å².